The first-order valence-corrected chi connectivity index (χ1v) is 11.5. The third-order valence-corrected chi connectivity index (χ3v) is 6.20. The van der Waals surface area contributed by atoms with Gasteiger partial charge in [0.25, 0.3) is 5.69 Å². The molecule has 7 nitrogen and oxygen atoms in total. The van der Waals surface area contributed by atoms with Crippen molar-refractivity contribution in [2.75, 3.05) is 41.3 Å². The van der Waals surface area contributed by atoms with Crippen LogP contribution < -0.4 is 15.1 Å². The highest BCUT2D eigenvalue weighted by Gasteiger charge is 2.30. The number of hydrogen-bond acceptors (Lipinski definition) is 5. The Morgan fingerprint density at radius 1 is 0.868 bits per heavy atom. The monoisotopic (exact) mass is 552 g/mol. The summed E-state index contributed by atoms with van der Waals surface area (Å²) in [6, 6.07) is 10.8. The molecule has 38 heavy (non-hydrogen) atoms. The third-order valence-electron chi connectivity index (χ3n) is 5.88. The number of anilines is 3. The van der Waals surface area contributed by atoms with Crippen molar-refractivity contribution in [2.45, 2.75) is 0 Å². The molecular weight excluding hydrogens is 535 g/mol. The molecule has 0 bridgehead atoms. The van der Waals surface area contributed by atoms with E-state index in [0.717, 1.165) is 10.6 Å². The maximum Gasteiger partial charge on any atom is 0.288 e. The number of halogens is 6. The van der Waals surface area contributed by atoms with Crippen LogP contribution in [0.1, 0.15) is 5.56 Å². The molecule has 0 saturated carbocycles. The molecule has 13 heteroatoms. The number of carbonyl (C=O) groups is 1. The van der Waals surface area contributed by atoms with Crippen LogP contribution in [0.25, 0.3) is 6.08 Å². The zero-order valence-electron chi connectivity index (χ0n) is 19.4. The van der Waals surface area contributed by atoms with Crippen molar-refractivity contribution in [3.8, 4) is 0 Å². The van der Waals surface area contributed by atoms with Crippen LogP contribution in [0.2, 0.25) is 5.02 Å². The fourth-order valence-corrected chi connectivity index (χ4v) is 4.13. The maximum atomic E-state index is 14.1. The molecule has 0 radical (unpaired) electrons. The van der Waals surface area contributed by atoms with Crippen LogP contribution >= 0.6 is 11.6 Å². The fraction of sp³-hybridized carbons (Fsp3) is 0.160. The summed E-state index contributed by atoms with van der Waals surface area (Å²) in [6.07, 6.45) is 2.61. The number of hydrogen-bond donors (Lipinski definition) is 1. The molecule has 3 aromatic carbocycles. The lowest BCUT2D eigenvalue weighted by Gasteiger charge is -2.37. The fourth-order valence-electron chi connectivity index (χ4n) is 3.94. The van der Waals surface area contributed by atoms with Crippen LogP contribution in [0.3, 0.4) is 0 Å². The number of amides is 1. The summed E-state index contributed by atoms with van der Waals surface area (Å²) >= 11 is 5.77. The van der Waals surface area contributed by atoms with Gasteiger partial charge in [0, 0.05) is 49.7 Å². The van der Waals surface area contributed by atoms with Gasteiger partial charge >= 0.3 is 0 Å². The molecule has 1 amide bonds. The van der Waals surface area contributed by atoms with E-state index >= 15 is 0 Å². The van der Waals surface area contributed by atoms with Gasteiger partial charge in [-0.3, -0.25) is 14.9 Å². The van der Waals surface area contributed by atoms with Crippen molar-refractivity contribution in [3.05, 3.63) is 98.3 Å². The topological polar surface area (TPSA) is 78.7 Å². The third kappa shape index (κ3) is 5.54. The summed E-state index contributed by atoms with van der Waals surface area (Å²) in [5.41, 5.74) is 0.379. The van der Waals surface area contributed by atoms with Crippen molar-refractivity contribution in [2.24, 2.45) is 0 Å². The van der Waals surface area contributed by atoms with Crippen molar-refractivity contribution in [1.29, 1.82) is 0 Å². The number of nitro groups is 1. The predicted molar refractivity (Wildman–Crippen MR) is 133 cm³/mol. The van der Waals surface area contributed by atoms with Crippen LogP contribution in [0.15, 0.2) is 48.5 Å². The number of nitrogens with one attached hydrogen (secondary N) is 1. The average molecular weight is 553 g/mol. The number of nitro benzene ring substituents is 1. The van der Waals surface area contributed by atoms with Crippen molar-refractivity contribution in [1.82, 2.24) is 0 Å². The minimum atomic E-state index is -2.20. The number of piperazine rings is 1. The molecule has 0 unspecified atom stereocenters. The van der Waals surface area contributed by atoms with Crippen molar-refractivity contribution < 1.29 is 31.7 Å². The van der Waals surface area contributed by atoms with Crippen LogP contribution in [0, 0.1) is 39.2 Å². The average Bonchev–Trinajstić information content (AvgIpc) is 2.91. The van der Waals surface area contributed by atoms with Gasteiger partial charge in [-0.15, -0.1) is 0 Å². The van der Waals surface area contributed by atoms with E-state index in [-0.39, 0.29) is 36.9 Å². The molecule has 1 aliphatic heterocycles. The van der Waals surface area contributed by atoms with Gasteiger partial charge in [0.15, 0.2) is 23.3 Å². The Bertz CT molecular complexity index is 1400. The second-order valence-electron chi connectivity index (χ2n) is 8.23. The number of benzene rings is 3. The van der Waals surface area contributed by atoms with Gasteiger partial charge in [0.05, 0.1) is 4.92 Å². The van der Waals surface area contributed by atoms with E-state index in [9.17, 15) is 36.9 Å². The molecule has 0 aliphatic carbocycles. The van der Waals surface area contributed by atoms with Crippen LogP contribution in [0.5, 0.6) is 0 Å². The minimum Gasteiger partial charge on any atom is -0.368 e. The molecule has 0 atom stereocenters. The molecular formula is C25H18ClF5N4O3. The quantitative estimate of drug-likeness (QED) is 0.103. The second-order valence-corrected chi connectivity index (χ2v) is 8.64. The van der Waals surface area contributed by atoms with Gasteiger partial charge in [0.1, 0.15) is 10.7 Å². The summed E-state index contributed by atoms with van der Waals surface area (Å²) in [4.78, 5) is 25.6. The van der Waals surface area contributed by atoms with Gasteiger partial charge in [0.2, 0.25) is 11.7 Å². The van der Waals surface area contributed by atoms with Crippen molar-refractivity contribution in [3.63, 3.8) is 0 Å². The Morgan fingerprint density at radius 2 is 1.42 bits per heavy atom. The first-order valence-electron chi connectivity index (χ1n) is 11.1. The van der Waals surface area contributed by atoms with Gasteiger partial charge in [-0.25, -0.2) is 22.0 Å². The van der Waals surface area contributed by atoms with Crippen molar-refractivity contribution >= 4 is 46.3 Å². The normalized spacial score (nSPS) is 13.7. The largest absolute Gasteiger partial charge is 0.368 e. The molecule has 3 aromatic rings. The standard InChI is InChI=1S/C25H18ClF5N4O3/c26-17-7-1-14(13-18(17)35(37)38)2-8-19(36)32-15-3-5-16(6-4-15)33-9-11-34(12-10-33)25-23(30)21(28)20(27)22(29)24(25)31/h1-8,13H,9-12H2,(H,32,36)/b8-2+. The van der Waals surface area contributed by atoms with E-state index in [2.05, 4.69) is 5.32 Å². The predicted octanol–water partition coefficient (Wildman–Crippen LogP) is 5.92. The lowest BCUT2D eigenvalue weighted by atomic mass is 10.2. The summed E-state index contributed by atoms with van der Waals surface area (Å²) in [5, 5.41) is 13.6. The second kappa shape index (κ2) is 11.1. The smallest absolute Gasteiger partial charge is 0.288 e. The Kier molecular flexibility index (Phi) is 7.81. The minimum absolute atomic E-state index is 0.0179. The van der Waals surface area contributed by atoms with Crippen LogP contribution in [0.4, 0.5) is 44.7 Å². The van der Waals surface area contributed by atoms with E-state index in [1.54, 1.807) is 24.3 Å². The molecule has 1 N–H and O–H groups in total. The Hall–Kier alpha value is -4.19. The van der Waals surface area contributed by atoms with E-state index in [1.165, 1.54) is 30.4 Å². The molecule has 198 valence electrons. The van der Waals surface area contributed by atoms with E-state index in [0.29, 0.717) is 11.3 Å². The lowest BCUT2D eigenvalue weighted by molar-refractivity contribution is -0.384. The maximum absolute atomic E-state index is 14.1. The van der Waals surface area contributed by atoms with Crippen LogP contribution in [-0.4, -0.2) is 37.0 Å². The zero-order valence-corrected chi connectivity index (χ0v) is 20.1. The van der Waals surface area contributed by atoms with Gasteiger partial charge < -0.3 is 15.1 Å². The molecule has 0 aromatic heterocycles. The van der Waals surface area contributed by atoms with E-state index < -0.39 is 45.6 Å². The summed E-state index contributed by atoms with van der Waals surface area (Å²) in [5.74, 6) is -10.4. The van der Waals surface area contributed by atoms with Crippen LogP contribution in [-0.2, 0) is 4.79 Å². The molecule has 0 spiro atoms. The summed E-state index contributed by atoms with van der Waals surface area (Å²) in [6.45, 7) is 0.539. The highest BCUT2D eigenvalue weighted by atomic mass is 35.5. The van der Waals surface area contributed by atoms with Gasteiger partial charge in [-0.1, -0.05) is 17.7 Å². The molecule has 1 fully saturated rings. The Balaban J connectivity index is 1.36. The lowest BCUT2D eigenvalue weighted by Crippen LogP contribution is -2.47. The first kappa shape index (κ1) is 26.9. The van der Waals surface area contributed by atoms with Gasteiger partial charge in [-0.2, -0.15) is 0 Å². The highest BCUT2D eigenvalue weighted by molar-refractivity contribution is 6.32. The number of carbonyl (C=O) groups excluding carboxylic acids is 1. The summed E-state index contributed by atoms with van der Waals surface area (Å²) in [7, 11) is 0. The molecule has 1 aliphatic rings. The van der Waals surface area contributed by atoms with E-state index in [1.807, 2.05) is 4.90 Å². The Labute approximate surface area is 217 Å². The molecule has 1 heterocycles. The number of nitrogens with zero attached hydrogens (tertiary/aromatic N) is 3. The zero-order chi connectivity index (χ0) is 27.6. The SMILES string of the molecule is O=C(/C=C/c1ccc(Cl)c([N+](=O)[O-])c1)Nc1ccc(N2CCN(c3c(F)c(F)c(F)c(F)c3F)CC2)cc1. The highest BCUT2D eigenvalue weighted by Crippen LogP contribution is 2.31. The summed E-state index contributed by atoms with van der Waals surface area (Å²) < 4.78 is 68.7. The number of rotatable bonds is 6. The molecule has 4 rings (SSSR count). The molecule has 1 saturated heterocycles. The van der Waals surface area contributed by atoms with Gasteiger partial charge in [-0.05, 0) is 42.0 Å². The Morgan fingerprint density at radius 3 is 2.00 bits per heavy atom. The van der Waals surface area contributed by atoms with E-state index in [4.69, 9.17) is 11.6 Å². The first-order chi connectivity index (χ1) is 18.1.